The van der Waals surface area contributed by atoms with Gasteiger partial charge in [0, 0.05) is 19.1 Å². The van der Waals surface area contributed by atoms with E-state index in [0.29, 0.717) is 25.3 Å². The Morgan fingerprint density at radius 1 is 1.25 bits per heavy atom. The Kier molecular flexibility index (Phi) is 8.11. The van der Waals surface area contributed by atoms with Gasteiger partial charge in [-0.1, -0.05) is 24.3 Å². The fourth-order valence-corrected chi connectivity index (χ4v) is 3.33. The molecule has 0 aromatic heterocycles. The topological polar surface area (TPSA) is 79.8 Å². The number of hydrogen-bond acceptors (Lipinski definition) is 5. The van der Waals surface area contributed by atoms with Crippen molar-refractivity contribution in [3.05, 3.63) is 65.2 Å². The lowest BCUT2D eigenvalue weighted by molar-refractivity contribution is -0.137. The summed E-state index contributed by atoms with van der Waals surface area (Å²) in [5, 5.41) is 16.1. The maximum absolute atomic E-state index is 12.8. The molecule has 3 atom stereocenters. The minimum Gasteiger partial charge on any atom is -0.491 e. The number of hydrogen-bond donors (Lipinski definition) is 3. The van der Waals surface area contributed by atoms with Crippen molar-refractivity contribution in [2.75, 3.05) is 26.3 Å². The van der Waals surface area contributed by atoms with Crippen molar-refractivity contribution in [3.63, 3.8) is 0 Å². The van der Waals surface area contributed by atoms with Crippen molar-refractivity contribution in [2.24, 2.45) is 0 Å². The van der Waals surface area contributed by atoms with E-state index in [-0.39, 0.29) is 36.8 Å². The summed E-state index contributed by atoms with van der Waals surface area (Å²) in [7, 11) is 0. The average Bonchev–Trinajstić information content (AvgIpc) is 2.77. The van der Waals surface area contributed by atoms with Crippen molar-refractivity contribution < 1.29 is 32.5 Å². The van der Waals surface area contributed by atoms with Crippen LogP contribution < -0.4 is 15.4 Å². The van der Waals surface area contributed by atoms with Gasteiger partial charge in [0.05, 0.1) is 11.7 Å². The van der Waals surface area contributed by atoms with E-state index in [1.807, 2.05) is 31.2 Å². The molecule has 32 heavy (non-hydrogen) atoms. The smallest absolute Gasteiger partial charge is 0.416 e. The molecule has 9 heteroatoms. The van der Waals surface area contributed by atoms with Gasteiger partial charge >= 0.3 is 6.18 Å². The molecule has 1 aliphatic heterocycles. The number of ether oxygens (including phenoxy) is 2. The van der Waals surface area contributed by atoms with Crippen LogP contribution in [-0.4, -0.2) is 49.5 Å². The summed E-state index contributed by atoms with van der Waals surface area (Å²) in [6.45, 7) is 2.89. The largest absolute Gasteiger partial charge is 0.491 e. The highest BCUT2D eigenvalue weighted by molar-refractivity contribution is 5.77. The van der Waals surface area contributed by atoms with Crippen LogP contribution in [0, 0.1) is 0 Å². The Hall–Kier alpha value is -2.62. The van der Waals surface area contributed by atoms with Crippen molar-refractivity contribution >= 4 is 5.91 Å². The summed E-state index contributed by atoms with van der Waals surface area (Å²) >= 11 is 0. The second-order valence-electron chi connectivity index (χ2n) is 7.84. The molecule has 0 bridgehead atoms. The predicted molar refractivity (Wildman–Crippen MR) is 112 cm³/mol. The van der Waals surface area contributed by atoms with Crippen LogP contribution in [0.1, 0.15) is 29.7 Å². The number of carbonyl (C=O) groups is 1. The number of rotatable bonds is 9. The average molecular weight is 452 g/mol. The summed E-state index contributed by atoms with van der Waals surface area (Å²) in [6, 6.07) is 12.3. The van der Waals surface area contributed by atoms with E-state index in [1.165, 1.54) is 12.1 Å². The van der Waals surface area contributed by atoms with Gasteiger partial charge in [0.2, 0.25) is 5.91 Å². The normalized spacial score (nSPS) is 18.7. The van der Waals surface area contributed by atoms with Crippen molar-refractivity contribution in [2.45, 2.75) is 37.8 Å². The number of nitrogens with one attached hydrogen (secondary N) is 2. The lowest BCUT2D eigenvalue weighted by Gasteiger charge is -2.23. The number of aliphatic hydroxyl groups excluding tert-OH is 1. The summed E-state index contributed by atoms with van der Waals surface area (Å²) in [5.74, 6) is 0.561. The maximum Gasteiger partial charge on any atom is 0.416 e. The van der Waals surface area contributed by atoms with E-state index in [9.17, 15) is 23.1 Å². The zero-order valence-electron chi connectivity index (χ0n) is 17.7. The van der Waals surface area contributed by atoms with E-state index in [2.05, 4.69) is 10.6 Å². The Morgan fingerprint density at radius 3 is 2.66 bits per heavy atom. The molecule has 6 nitrogen and oxygen atoms in total. The van der Waals surface area contributed by atoms with Crippen LogP contribution in [0.5, 0.6) is 5.75 Å². The SMILES string of the molecule is CC(Cc1ccc(OCC2CNC(=O)CO2)cc1)NCC(O)c1cccc(C(F)(F)F)c1. The van der Waals surface area contributed by atoms with Gasteiger partial charge in [-0.05, 0) is 48.7 Å². The quantitative estimate of drug-likeness (QED) is 0.545. The van der Waals surface area contributed by atoms with Crippen molar-refractivity contribution in [3.8, 4) is 5.75 Å². The van der Waals surface area contributed by atoms with Gasteiger partial charge in [-0.2, -0.15) is 13.2 Å². The molecule has 3 unspecified atom stereocenters. The van der Waals surface area contributed by atoms with Gasteiger partial charge < -0.3 is 25.2 Å². The Morgan fingerprint density at radius 2 is 2.00 bits per heavy atom. The Balaban J connectivity index is 1.42. The Labute approximate surface area is 184 Å². The van der Waals surface area contributed by atoms with Crippen LogP contribution in [0.15, 0.2) is 48.5 Å². The molecule has 0 saturated carbocycles. The van der Waals surface area contributed by atoms with Crippen LogP contribution in [0.3, 0.4) is 0 Å². The third kappa shape index (κ3) is 7.22. The van der Waals surface area contributed by atoms with E-state index in [0.717, 1.165) is 17.7 Å². The van der Waals surface area contributed by atoms with Crippen molar-refractivity contribution in [1.29, 1.82) is 0 Å². The molecule has 2 aromatic rings. The zero-order valence-corrected chi connectivity index (χ0v) is 17.7. The summed E-state index contributed by atoms with van der Waals surface area (Å²) in [4.78, 5) is 11.1. The van der Waals surface area contributed by atoms with Crippen LogP contribution in [0.4, 0.5) is 13.2 Å². The number of halogens is 3. The van der Waals surface area contributed by atoms with Crippen molar-refractivity contribution in [1.82, 2.24) is 10.6 Å². The highest BCUT2D eigenvalue weighted by atomic mass is 19.4. The molecule has 174 valence electrons. The molecule has 1 aliphatic rings. The molecule has 3 rings (SSSR count). The van der Waals surface area contributed by atoms with Crippen LogP contribution in [0.2, 0.25) is 0 Å². The minimum atomic E-state index is -4.44. The molecule has 0 spiro atoms. The molecule has 0 radical (unpaired) electrons. The molecule has 3 N–H and O–H groups in total. The Bertz CT molecular complexity index is 880. The van der Waals surface area contributed by atoms with E-state index in [1.54, 1.807) is 0 Å². The third-order valence-electron chi connectivity index (χ3n) is 5.14. The number of carbonyl (C=O) groups excluding carboxylic acids is 1. The molecular formula is C23H27F3N2O4. The van der Waals surface area contributed by atoms with Crippen LogP contribution in [0.25, 0.3) is 0 Å². The first-order valence-corrected chi connectivity index (χ1v) is 10.4. The number of amides is 1. The molecule has 1 heterocycles. The first-order valence-electron chi connectivity index (χ1n) is 10.4. The van der Waals surface area contributed by atoms with Crippen LogP contribution >= 0.6 is 0 Å². The highest BCUT2D eigenvalue weighted by Gasteiger charge is 2.30. The van der Waals surface area contributed by atoms with E-state index >= 15 is 0 Å². The van der Waals surface area contributed by atoms with Gasteiger partial charge in [-0.3, -0.25) is 4.79 Å². The minimum absolute atomic E-state index is 0.00136. The molecule has 1 saturated heterocycles. The summed E-state index contributed by atoms with van der Waals surface area (Å²) < 4.78 is 49.6. The number of alkyl halides is 3. The van der Waals surface area contributed by atoms with Gasteiger partial charge in [-0.25, -0.2) is 0 Å². The molecule has 2 aromatic carbocycles. The monoisotopic (exact) mass is 452 g/mol. The second kappa shape index (κ2) is 10.8. The second-order valence-corrected chi connectivity index (χ2v) is 7.84. The van der Waals surface area contributed by atoms with Gasteiger partial charge in [-0.15, -0.1) is 0 Å². The zero-order chi connectivity index (χ0) is 23.1. The standard InChI is InChI=1S/C23H27F3N2O4/c1-15(27-12-21(29)17-3-2-4-18(10-17)23(24,25)26)9-16-5-7-19(8-6-16)31-13-20-11-28-22(30)14-32-20/h2-8,10,15,20-21,27,29H,9,11-14H2,1H3,(H,28,30). The van der Waals surface area contributed by atoms with Gasteiger partial charge in [0.1, 0.15) is 25.1 Å². The summed E-state index contributed by atoms with van der Waals surface area (Å²) in [5.41, 5.74) is 0.499. The molecule has 0 aliphatic carbocycles. The highest BCUT2D eigenvalue weighted by Crippen LogP contribution is 2.30. The van der Waals surface area contributed by atoms with Crippen LogP contribution in [-0.2, 0) is 22.1 Å². The lowest BCUT2D eigenvalue weighted by Crippen LogP contribution is -2.45. The first kappa shape index (κ1) is 24.0. The fraction of sp³-hybridized carbons (Fsp3) is 0.435. The fourth-order valence-electron chi connectivity index (χ4n) is 3.33. The van der Waals surface area contributed by atoms with E-state index in [4.69, 9.17) is 9.47 Å². The molecule has 1 fully saturated rings. The first-order chi connectivity index (χ1) is 15.2. The van der Waals surface area contributed by atoms with Gasteiger partial charge in [0.15, 0.2) is 0 Å². The predicted octanol–water partition coefficient (Wildman–Crippen LogP) is 2.85. The summed E-state index contributed by atoms with van der Waals surface area (Å²) in [6.07, 6.45) is -4.99. The number of aliphatic hydroxyl groups is 1. The third-order valence-corrected chi connectivity index (χ3v) is 5.14. The van der Waals surface area contributed by atoms with E-state index < -0.39 is 17.8 Å². The van der Waals surface area contributed by atoms with Gasteiger partial charge in [0.25, 0.3) is 0 Å². The maximum atomic E-state index is 12.8. The molecular weight excluding hydrogens is 425 g/mol. The lowest BCUT2D eigenvalue weighted by atomic mass is 10.0. The molecule has 1 amide bonds. The number of benzene rings is 2. The number of morpholine rings is 1.